The largest absolute Gasteiger partial charge is 0.373 e. The summed E-state index contributed by atoms with van der Waals surface area (Å²) >= 11 is 0. The average molecular weight is 381 g/mol. The Bertz CT molecular complexity index is 727. The molecular weight excluding hydrogens is 344 g/mol. The summed E-state index contributed by atoms with van der Waals surface area (Å²) in [5.41, 5.74) is 2.06. The highest BCUT2D eigenvalue weighted by atomic mass is 16.5. The van der Waals surface area contributed by atoms with Gasteiger partial charge in [0.25, 0.3) is 0 Å². The molecule has 0 saturated heterocycles. The summed E-state index contributed by atoms with van der Waals surface area (Å²) in [6.07, 6.45) is 11.1. The molecule has 0 aromatic heterocycles. The van der Waals surface area contributed by atoms with Gasteiger partial charge in [-0.1, -0.05) is 44.2 Å². The maximum Gasteiger partial charge on any atom is 0.133 e. The van der Waals surface area contributed by atoms with E-state index in [-0.39, 0.29) is 0 Å². The van der Waals surface area contributed by atoms with Gasteiger partial charge in [-0.25, -0.2) is 0 Å². The first-order valence-electron chi connectivity index (χ1n) is 11.7. The van der Waals surface area contributed by atoms with Crippen LogP contribution in [0.1, 0.15) is 77.2 Å². The van der Waals surface area contributed by atoms with E-state index in [9.17, 15) is 4.79 Å². The van der Waals surface area contributed by atoms with Gasteiger partial charge in [-0.3, -0.25) is 4.79 Å². The molecule has 4 fully saturated rings. The molecule has 152 valence electrons. The van der Waals surface area contributed by atoms with E-state index in [4.69, 9.17) is 4.74 Å². The monoisotopic (exact) mass is 380 g/mol. The number of carbonyl (C=O) groups is 1. The maximum absolute atomic E-state index is 12.1. The van der Waals surface area contributed by atoms with Gasteiger partial charge in [0.15, 0.2) is 0 Å². The van der Waals surface area contributed by atoms with E-state index >= 15 is 0 Å². The molecule has 4 aliphatic carbocycles. The molecule has 2 heteroatoms. The highest BCUT2D eigenvalue weighted by Gasteiger charge is 2.60. The number of carbonyl (C=O) groups excluding carboxylic acids is 1. The van der Waals surface area contributed by atoms with Gasteiger partial charge in [0, 0.05) is 12.8 Å². The number of hydrogen-bond acceptors (Lipinski definition) is 2. The first-order chi connectivity index (χ1) is 13.5. The zero-order valence-electron chi connectivity index (χ0n) is 17.7. The van der Waals surface area contributed by atoms with Crippen LogP contribution in [0.25, 0.3) is 0 Å². The second kappa shape index (κ2) is 6.97. The minimum absolute atomic E-state index is 0.351. The average Bonchev–Trinajstić information content (AvgIpc) is 3.04. The van der Waals surface area contributed by atoms with Crippen LogP contribution in [0.5, 0.6) is 0 Å². The normalized spacial score (nSPS) is 45.2. The Labute approximate surface area is 170 Å². The van der Waals surface area contributed by atoms with Gasteiger partial charge in [0.05, 0.1) is 12.7 Å². The van der Waals surface area contributed by atoms with Gasteiger partial charge in [-0.2, -0.15) is 0 Å². The Balaban J connectivity index is 1.32. The SMILES string of the molecule is C[C@@]12CC[C@H]3[C@H](CC[C@H]4CC(=O)CC[C@@]43C)[C@H]1CC[C@@H]2OCc1ccccc1. The van der Waals surface area contributed by atoms with Crippen LogP contribution in [0.4, 0.5) is 0 Å². The molecule has 1 aromatic rings. The molecule has 1 aromatic carbocycles. The third kappa shape index (κ3) is 2.90. The molecule has 0 N–H and O–H groups in total. The third-order valence-electron chi connectivity index (χ3n) is 9.69. The van der Waals surface area contributed by atoms with Crippen molar-refractivity contribution < 1.29 is 9.53 Å². The summed E-state index contributed by atoms with van der Waals surface area (Å²) in [5.74, 6) is 3.70. The predicted octanol–water partition coefficient (Wildman–Crippen LogP) is 6.18. The lowest BCUT2D eigenvalue weighted by Crippen LogP contribution is -2.54. The van der Waals surface area contributed by atoms with Crippen molar-refractivity contribution in [1.82, 2.24) is 0 Å². The number of fused-ring (bicyclic) bond motifs is 5. The van der Waals surface area contributed by atoms with Gasteiger partial charge in [0.2, 0.25) is 0 Å². The molecule has 4 saturated carbocycles. The van der Waals surface area contributed by atoms with Gasteiger partial charge in [-0.05, 0) is 85.0 Å². The van der Waals surface area contributed by atoms with Crippen molar-refractivity contribution in [3.8, 4) is 0 Å². The van der Waals surface area contributed by atoms with E-state index in [2.05, 4.69) is 44.2 Å². The number of hydrogen-bond donors (Lipinski definition) is 0. The first-order valence-corrected chi connectivity index (χ1v) is 11.7. The van der Waals surface area contributed by atoms with Crippen LogP contribution in [0.2, 0.25) is 0 Å². The van der Waals surface area contributed by atoms with Crippen LogP contribution in [-0.4, -0.2) is 11.9 Å². The van der Waals surface area contributed by atoms with Crippen LogP contribution in [0.15, 0.2) is 30.3 Å². The molecule has 0 aliphatic heterocycles. The minimum Gasteiger partial charge on any atom is -0.373 e. The van der Waals surface area contributed by atoms with Crippen molar-refractivity contribution in [3.63, 3.8) is 0 Å². The van der Waals surface area contributed by atoms with Crippen molar-refractivity contribution in [2.45, 2.75) is 84.3 Å². The third-order valence-corrected chi connectivity index (χ3v) is 9.69. The van der Waals surface area contributed by atoms with Crippen molar-refractivity contribution in [1.29, 1.82) is 0 Å². The smallest absolute Gasteiger partial charge is 0.133 e. The molecule has 0 radical (unpaired) electrons. The number of benzene rings is 1. The van der Waals surface area contributed by atoms with E-state index in [1.54, 1.807) is 0 Å². The molecular formula is C26H36O2. The fraction of sp³-hybridized carbons (Fsp3) is 0.731. The molecule has 5 rings (SSSR count). The van der Waals surface area contributed by atoms with Crippen molar-refractivity contribution in [2.24, 2.45) is 34.5 Å². The van der Waals surface area contributed by atoms with Crippen LogP contribution in [0, 0.1) is 34.5 Å². The van der Waals surface area contributed by atoms with Gasteiger partial charge < -0.3 is 4.74 Å². The Morgan fingerprint density at radius 3 is 2.54 bits per heavy atom. The molecule has 0 unspecified atom stereocenters. The summed E-state index contributed by atoms with van der Waals surface area (Å²) < 4.78 is 6.54. The van der Waals surface area contributed by atoms with Crippen molar-refractivity contribution in [2.75, 3.05) is 0 Å². The number of rotatable bonds is 3. The molecule has 0 spiro atoms. The highest BCUT2D eigenvalue weighted by Crippen LogP contribution is 2.66. The fourth-order valence-electron chi connectivity index (χ4n) is 8.04. The maximum atomic E-state index is 12.1. The molecule has 28 heavy (non-hydrogen) atoms. The van der Waals surface area contributed by atoms with Crippen LogP contribution in [0.3, 0.4) is 0 Å². The second-order valence-corrected chi connectivity index (χ2v) is 10.8. The van der Waals surface area contributed by atoms with E-state index in [0.717, 1.165) is 43.6 Å². The van der Waals surface area contributed by atoms with E-state index in [1.807, 2.05) is 0 Å². The minimum atomic E-state index is 0.351. The Morgan fingerprint density at radius 1 is 0.929 bits per heavy atom. The summed E-state index contributed by atoms with van der Waals surface area (Å²) in [7, 11) is 0. The molecule has 0 amide bonds. The van der Waals surface area contributed by atoms with Crippen molar-refractivity contribution >= 4 is 5.78 Å². The zero-order chi connectivity index (χ0) is 19.4. The summed E-state index contributed by atoms with van der Waals surface area (Å²) in [6, 6.07) is 10.7. The quantitative estimate of drug-likeness (QED) is 0.625. The predicted molar refractivity (Wildman–Crippen MR) is 112 cm³/mol. The first kappa shape index (κ1) is 18.9. The number of ether oxygens (including phenoxy) is 1. The molecule has 0 bridgehead atoms. The van der Waals surface area contributed by atoms with Gasteiger partial charge >= 0.3 is 0 Å². The van der Waals surface area contributed by atoms with Gasteiger partial charge in [0.1, 0.15) is 5.78 Å². The Kier molecular flexibility index (Phi) is 4.69. The van der Waals surface area contributed by atoms with Crippen molar-refractivity contribution in [3.05, 3.63) is 35.9 Å². The summed E-state index contributed by atoms with van der Waals surface area (Å²) in [4.78, 5) is 12.1. The van der Waals surface area contributed by atoms with E-state index < -0.39 is 0 Å². The topological polar surface area (TPSA) is 26.3 Å². The van der Waals surface area contributed by atoms with Crippen LogP contribution >= 0.6 is 0 Å². The van der Waals surface area contributed by atoms with Crippen LogP contribution in [-0.2, 0) is 16.1 Å². The lowest BCUT2D eigenvalue weighted by Gasteiger charge is -2.60. The zero-order valence-corrected chi connectivity index (χ0v) is 17.7. The second-order valence-electron chi connectivity index (χ2n) is 10.8. The summed E-state index contributed by atoms with van der Waals surface area (Å²) in [6.45, 7) is 5.83. The standard InChI is InChI=1S/C26H36O2/c1-25-14-12-20(27)16-19(25)8-9-21-22-10-11-24(26(22,2)15-13-23(21)25)28-17-18-6-4-3-5-7-18/h3-7,19,21-24H,8-17H2,1-2H3/t19-,21+,22+,23-,24-,25-,26+/m0/s1. The van der Waals surface area contributed by atoms with E-state index in [1.165, 1.54) is 44.1 Å². The Hall–Kier alpha value is -1.15. The van der Waals surface area contributed by atoms with Crippen LogP contribution < -0.4 is 0 Å². The molecule has 0 heterocycles. The number of Topliss-reactive ketones (excluding diaryl/α,β-unsaturated/α-hetero) is 1. The molecule has 7 atom stereocenters. The molecule has 4 aliphatic rings. The lowest BCUT2D eigenvalue weighted by molar-refractivity contribution is -0.146. The fourth-order valence-corrected chi connectivity index (χ4v) is 8.04. The highest BCUT2D eigenvalue weighted by molar-refractivity contribution is 5.79. The van der Waals surface area contributed by atoms with Gasteiger partial charge in [-0.15, -0.1) is 0 Å². The summed E-state index contributed by atoms with van der Waals surface area (Å²) in [5, 5.41) is 0. The molecule has 2 nitrogen and oxygen atoms in total. The lowest BCUT2D eigenvalue weighted by atomic mass is 9.45. The number of ketones is 1. The van der Waals surface area contributed by atoms with E-state index in [0.29, 0.717) is 28.6 Å². The Morgan fingerprint density at radius 2 is 1.71 bits per heavy atom.